The van der Waals surface area contributed by atoms with Crippen molar-refractivity contribution >= 4 is 33.9 Å². The van der Waals surface area contributed by atoms with Crippen molar-refractivity contribution in [1.82, 2.24) is 20.2 Å². The summed E-state index contributed by atoms with van der Waals surface area (Å²) in [5.74, 6) is 2.28. The van der Waals surface area contributed by atoms with E-state index in [2.05, 4.69) is 25.5 Å². The summed E-state index contributed by atoms with van der Waals surface area (Å²) >= 11 is 5.43. The Hall–Kier alpha value is -3.17. The van der Waals surface area contributed by atoms with Crippen LogP contribution in [0.1, 0.15) is 19.3 Å². The van der Waals surface area contributed by atoms with Gasteiger partial charge < -0.3 is 29.7 Å². The maximum atomic E-state index is 6.03. The minimum Gasteiger partial charge on any atom is -0.493 e. The number of nitrogens with zero attached hydrogens (tertiary/aromatic N) is 3. The lowest BCUT2D eigenvalue weighted by molar-refractivity contribution is 0.232. The molecule has 1 aliphatic heterocycles. The van der Waals surface area contributed by atoms with Gasteiger partial charge in [-0.1, -0.05) is 6.42 Å². The summed E-state index contributed by atoms with van der Waals surface area (Å²) in [4.78, 5) is 11.1. The van der Waals surface area contributed by atoms with Gasteiger partial charge in [0.2, 0.25) is 5.88 Å². The van der Waals surface area contributed by atoms with Crippen molar-refractivity contribution in [2.75, 3.05) is 45.7 Å². The van der Waals surface area contributed by atoms with Crippen LogP contribution in [0.5, 0.6) is 23.1 Å². The molecule has 0 unspecified atom stereocenters. The number of thiocarbonyl (C=S) groups is 1. The number of nitrogens with one attached hydrogen (secondary N) is 2. The van der Waals surface area contributed by atoms with Gasteiger partial charge >= 0.3 is 0 Å². The van der Waals surface area contributed by atoms with Gasteiger partial charge in [0.15, 0.2) is 16.6 Å². The molecule has 3 aromatic rings. The second-order valence-corrected chi connectivity index (χ2v) is 8.22. The molecule has 0 bridgehead atoms. The predicted octanol–water partition coefficient (Wildman–Crippen LogP) is 4.21. The first kappa shape index (κ1) is 23.0. The molecule has 33 heavy (non-hydrogen) atoms. The fourth-order valence-corrected chi connectivity index (χ4v) is 4.06. The van der Waals surface area contributed by atoms with Crippen LogP contribution < -0.4 is 24.8 Å². The van der Waals surface area contributed by atoms with Gasteiger partial charge in [0.25, 0.3) is 0 Å². The highest BCUT2D eigenvalue weighted by molar-refractivity contribution is 7.80. The summed E-state index contributed by atoms with van der Waals surface area (Å²) in [5.41, 5.74) is 1.59. The Balaban J connectivity index is 1.35. The average molecular weight is 468 g/mol. The van der Waals surface area contributed by atoms with Crippen LogP contribution in [0.4, 0.5) is 5.69 Å². The number of aromatic nitrogens is 2. The molecule has 1 aromatic heterocycles. The Bertz CT molecular complexity index is 1090. The van der Waals surface area contributed by atoms with E-state index in [4.69, 9.17) is 26.4 Å². The smallest absolute Gasteiger partial charge is 0.230 e. The number of piperidine rings is 1. The van der Waals surface area contributed by atoms with E-state index in [9.17, 15) is 0 Å². The predicted molar refractivity (Wildman–Crippen MR) is 134 cm³/mol. The maximum absolute atomic E-state index is 6.03. The molecule has 0 radical (unpaired) electrons. The Morgan fingerprint density at radius 3 is 2.45 bits per heavy atom. The van der Waals surface area contributed by atoms with Gasteiger partial charge in [-0.25, -0.2) is 9.97 Å². The van der Waals surface area contributed by atoms with Crippen LogP contribution in [0.25, 0.3) is 10.9 Å². The molecule has 174 valence electrons. The number of anilines is 1. The Kier molecular flexibility index (Phi) is 7.74. The first-order valence-corrected chi connectivity index (χ1v) is 11.5. The second-order valence-electron chi connectivity index (χ2n) is 7.81. The highest BCUT2D eigenvalue weighted by Crippen LogP contribution is 2.35. The number of hydrogen-bond acceptors (Lipinski definition) is 7. The third-order valence-electron chi connectivity index (χ3n) is 5.59. The molecule has 8 nitrogen and oxygen atoms in total. The van der Waals surface area contributed by atoms with Crippen molar-refractivity contribution in [2.24, 2.45) is 0 Å². The summed E-state index contributed by atoms with van der Waals surface area (Å²) in [6, 6.07) is 11.2. The first-order chi connectivity index (χ1) is 16.2. The zero-order valence-electron chi connectivity index (χ0n) is 19.0. The summed E-state index contributed by atoms with van der Waals surface area (Å²) in [7, 11) is 3.18. The lowest BCUT2D eigenvalue weighted by Gasteiger charge is -2.26. The van der Waals surface area contributed by atoms with Crippen molar-refractivity contribution in [1.29, 1.82) is 0 Å². The number of fused-ring (bicyclic) bond motifs is 1. The minimum atomic E-state index is 0.441. The van der Waals surface area contributed by atoms with Crippen LogP contribution in [-0.4, -0.2) is 60.4 Å². The van der Waals surface area contributed by atoms with E-state index < -0.39 is 0 Å². The Morgan fingerprint density at radius 2 is 1.73 bits per heavy atom. The highest BCUT2D eigenvalue weighted by Gasteiger charge is 2.13. The van der Waals surface area contributed by atoms with Gasteiger partial charge in [-0.2, -0.15) is 0 Å². The summed E-state index contributed by atoms with van der Waals surface area (Å²) in [5, 5.41) is 7.85. The third-order valence-corrected chi connectivity index (χ3v) is 5.84. The molecule has 1 saturated heterocycles. The zero-order valence-corrected chi connectivity index (χ0v) is 19.8. The van der Waals surface area contributed by atoms with Crippen molar-refractivity contribution in [3.63, 3.8) is 0 Å². The van der Waals surface area contributed by atoms with E-state index in [1.54, 1.807) is 20.3 Å². The second kappa shape index (κ2) is 11.1. The van der Waals surface area contributed by atoms with Gasteiger partial charge in [0.05, 0.1) is 25.1 Å². The number of hydrogen-bond donors (Lipinski definition) is 2. The molecular weight excluding hydrogens is 438 g/mol. The lowest BCUT2D eigenvalue weighted by Crippen LogP contribution is -2.38. The van der Waals surface area contributed by atoms with Crippen LogP contribution >= 0.6 is 12.2 Å². The number of benzene rings is 2. The monoisotopic (exact) mass is 467 g/mol. The van der Waals surface area contributed by atoms with Crippen LogP contribution in [0, 0.1) is 0 Å². The molecule has 0 atom stereocenters. The summed E-state index contributed by atoms with van der Waals surface area (Å²) < 4.78 is 16.8. The lowest BCUT2D eigenvalue weighted by atomic mass is 10.1. The molecule has 0 saturated carbocycles. The highest BCUT2D eigenvalue weighted by atomic mass is 32.1. The van der Waals surface area contributed by atoms with E-state index >= 15 is 0 Å². The largest absolute Gasteiger partial charge is 0.493 e. The molecular formula is C24H29N5O3S. The van der Waals surface area contributed by atoms with Gasteiger partial charge in [0, 0.05) is 24.8 Å². The summed E-state index contributed by atoms with van der Waals surface area (Å²) in [6.45, 7) is 4.22. The fourth-order valence-electron chi connectivity index (χ4n) is 3.84. The number of methoxy groups -OCH3 is 2. The van der Waals surface area contributed by atoms with Crippen LogP contribution in [0.15, 0.2) is 42.7 Å². The molecule has 9 heteroatoms. The molecule has 2 heterocycles. The molecule has 4 rings (SSSR count). The number of likely N-dealkylation sites (tertiary alicyclic amines) is 1. The standard InChI is InChI=1S/C24H29N5O3S/c1-30-21-14-19-20(15-22(21)31-2)26-16-27-23(19)32-18-8-6-17(7-9-18)28-24(33)25-10-13-29-11-4-3-5-12-29/h6-9,14-16H,3-5,10-13H2,1-2H3,(H2,25,28,33). The van der Waals surface area contributed by atoms with Crippen LogP contribution in [-0.2, 0) is 0 Å². The van der Waals surface area contributed by atoms with E-state index in [1.165, 1.54) is 38.7 Å². The molecule has 0 amide bonds. The number of rotatable bonds is 8. The van der Waals surface area contributed by atoms with Gasteiger partial charge in [-0.3, -0.25) is 0 Å². The van der Waals surface area contributed by atoms with Gasteiger partial charge in [0.1, 0.15) is 12.1 Å². The number of ether oxygens (including phenoxy) is 3. The topological polar surface area (TPSA) is 80.8 Å². The summed E-state index contributed by atoms with van der Waals surface area (Å²) in [6.07, 6.45) is 5.40. The Labute approximate surface area is 199 Å². The van der Waals surface area contributed by atoms with Crippen molar-refractivity contribution in [2.45, 2.75) is 19.3 Å². The molecule has 1 aliphatic rings. The molecule has 0 spiro atoms. The van der Waals surface area contributed by atoms with E-state index in [-0.39, 0.29) is 0 Å². The van der Waals surface area contributed by atoms with Gasteiger partial charge in [-0.15, -0.1) is 0 Å². The molecule has 0 aliphatic carbocycles. The maximum Gasteiger partial charge on any atom is 0.230 e. The average Bonchev–Trinajstić information content (AvgIpc) is 2.85. The van der Waals surface area contributed by atoms with E-state index in [0.717, 1.165) is 24.2 Å². The quantitative estimate of drug-likeness (QED) is 0.474. The zero-order chi connectivity index (χ0) is 23.0. The van der Waals surface area contributed by atoms with Crippen molar-refractivity contribution in [3.05, 3.63) is 42.7 Å². The molecule has 2 aromatic carbocycles. The van der Waals surface area contributed by atoms with Gasteiger partial charge in [-0.05, 0) is 68.5 Å². The third kappa shape index (κ3) is 6.00. The first-order valence-electron chi connectivity index (χ1n) is 11.1. The normalized spacial score (nSPS) is 14.0. The van der Waals surface area contributed by atoms with Crippen LogP contribution in [0.2, 0.25) is 0 Å². The molecule has 1 fully saturated rings. The fraction of sp³-hybridized carbons (Fsp3) is 0.375. The van der Waals surface area contributed by atoms with Crippen molar-refractivity contribution in [3.8, 4) is 23.1 Å². The SMILES string of the molecule is COc1cc2ncnc(Oc3ccc(NC(=S)NCCN4CCCCC4)cc3)c2cc1OC. The van der Waals surface area contributed by atoms with E-state index in [1.807, 2.05) is 30.3 Å². The van der Waals surface area contributed by atoms with Crippen molar-refractivity contribution < 1.29 is 14.2 Å². The minimum absolute atomic E-state index is 0.441. The molecule has 2 N–H and O–H groups in total. The van der Waals surface area contributed by atoms with E-state index in [0.29, 0.717) is 33.8 Å². The van der Waals surface area contributed by atoms with Crippen LogP contribution in [0.3, 0.4) is 0 Å². The Morgan fingerprint density at radius 1 is 1.00 bits per heavy atom.